The molecule has 0 aromatic carbocycles. The Morgan fingerprint density at radius 3 is 2.50 bits per heavy atom. The smallest absolute Gasteiger partial charge is 0.233 e. The van der Waals surface area contributed by atoms with Gasteiger partial charge < -0.3 is 16.0 Å². The van der Waals surface area contributed by atoms with Gasteiger partial charge in [-0.2, -0.15) is 0 Å². The van der Waals surface area contributed by atoms with Gasteiger partial charge in [-0.25, -0.2) is 4.98 Å². The molecular formula is C23H30N6O3. The topological polar surface area (TPSA) is 116 Å². The zero-order valence-electron chi connectivity index (χ0n) is 18.5. The molecular weight excluding hydrogens is 408 g/mol. The number of nitrogens with zero attached hydrogens (tertiary/aromatic N) is 3. The van der Waals surface area contributed by atoms with E-state index < -0.39 is 0 Å². The van der Waals surface area contributed by atoms with Gasteiger partial charge in [0.1, 0.15) is 5.82 Å². The number of rotatable bonds is 8. The van der Waals surface area contributed by atoms with Crippen molar-refractivity contribution >= 4 is 29.5 Å². The van der Waals surface area contributed by atoms with E-state index in [1.807, 2.05) is 19.9 Å². The van der Waals surface area contributed by atoms with Gasteiger partial charge in [0.25, 0.3) is 0 Å². The molecule has 1 aromatic rings. The summed E-state index contributed by atoms with van der Waals surface area (Å²) in [5, 5.41) is 9.03. The first-order valence-corrected chi connectivity index (χ1v) is 11.3. The summed E-state index contributed by atoms with van der Waals surface area (Å²) in [6, 6.07) is 3.65. The number of likely N-dealkylation sites (tertiary alicyclic amines) is 1. The minimum Gasteiger partial charge on any atom is -0.357 e. The highest BCUT2D eigenvalue weighted by Gasteiger charge is 2.58. The maximum atomic E-state index is 12.8. The zero-order valence-corrected chi connectivity index (χ0v) is 18.5. The molecule has 1 aromatic heterocycles. The number of fused-ring (bicyclic) bond motifs is 5. The van der Waals surface area contributed by atoms with Crippen LogP contribution in [0.4, 0.5) is 5.82 Å². The molecule has 9 nitrogen and oxygen atoms in total. The lowest BCUT2D eigenvalue weighted by atomic mass is 9.85. The molecule has 2 heterocycles. The summed E-state index contributed by atoms with van der Waals surface area (Å²) >= 11 is 0. The van der Waals surface area contributed by atoms with Gasteiger partial charge in [-0.3, -0.25) is 24.3 Å². The van der Waals surface area contributed by atoms with Crippen molar-refractivity contribution in [3.05, 3.63) is 36.0 Å². The lowest BCUT2D eigenvalue weighted by molar-refractivity contribution is -0.140. The van der Waals surface area contributed by atoms with Crippen molar-refractivity contribution in [3.63, 3.8) is 0 Å². The third-order valence-corrected chi connectivity index (χ3v) is 6.32. The number of imide groups is 1. The summed E-state index contributed by atoms with van der Waals surface area (Å²) in [5.74, 6) is 0.937. The van der Waals surface area contributed by atoms with Crippen LogP contribution >= 0.6 is 0 Å². The number of carbonyl (C=O) groups is 3. The minimum atomic E-state index is -0.166. The van der Waals surface area contributed by atoms with Crippen molar-refractivity contribution in [1.29, 1.82) is 0 Å². The highest BCUT2D eigenvalue weighted by atomic mass is 16.2. The van der Waals surface area contributed by atoms with Gasteiger partial charge >= 0.3 is 0 Å². The number of allylic oxidation sites excluding steroid dienone is 2. The third kappa shape index (κ3) is 4.51. The maximum Gasteiger partial charge on any atom is 0.233 e. The van der Waals surface area contributed by atoms with Crippen LogP contribution in [0.15, 0.2) is 35.5 Å². The van der Waals surface area contributed by atoms with E-state index in [1.165, 1.54) is 4.90 Å². The molecule has 1 saturated carbocycles. The second-order valence-corrected chi connectivity index (χ2v) is 8.53. The molecule has 0 radical (unpaired) electrons. The van der Waals surface area contributed by atoms with Crippen molar-refractivity contribution in [2.24, 2.45) is 28.7 Å². The fourth-order valence-corrected chi connectivity index (χ4v) is 4.83. The number of aliphatic imine (C=N–C) groups is 1. The molecule has 3 amide bonds. The van der Waals surface area contributed by atoms with Gasteiger partial charge in [0, 0.05) is 32.3 Å². The van der Waals surface area contributed by atoms with Crippen molar-refractivity contribution < 1.29 is 14.4 Å². The van der Waals surface area contributed by atoms with Crippen molar-refractivity contribution in [2.75, 3.05) is 31.5 Å². The van der Waals surface area contributed by atoms with E-state index in [9.17, 15) is 14.4 Å². The molecule has 3 aliphatic rings. The molecule has 4 unspecified atom stereocenters. The minimum absolute atomic E-state index is 0.0398. The summed E-state index contributed by atoms with van der Waals surface area (Å²) in [5.41, 5.74) is 1.03. The van der Waals surface area contributed by atoms with E-state index >= 15 is 0 Å². The van der Waals surface area contributed by atoms with Gasteiger partial charge in [-0.1, -0.05) is 18.2 Å². The molecule has 4 rings (SSSR count). The Bertz CT molecular complexity index is 912. The summed E-state index contributed by atoms with van der Waals surface area (Å²) < 4.78 is 0. The SMILES string of the molecule is CCNC(=NCCC(=O)Nc1ccc(C)cn1)NCCN1C(=O)C2C3C=CC(C3)C2C1=O. The number of hydrogen-bond acceptors (Lipinski definition) is 5. The van der Waals surface area contributed by atoms with Crippen LogP contribution in [0.2, 0.25) is 0 Å². The Balaban J connectivity index is 1.23. The van der Waals surface area contributed by atoms with Crippen molar-refractivity contribution in [2.45, 2.75) is 26.7 Å². The van der Waals surface area contributed by atoms with E-state index in [0.717, 1.165) is 12.0 Å². The van der Waals surface area contributed by atoms with E-state index in [-0.39, 0.29) is 47.8 Å². The Morgan fingerprint density at radius 1 is 1.16 bits per heavy atom. The standard InChI is InChI=1S/C23H30N6O3/c1-3-24-23(25-9-8-18(30)28-17-7-4-14(2)13-27-17)26-10-11-29-21(31)19-15-5-6-16(12-15)20(19)22(29)32/h4-7,13,15-16,19-20H,3,8-12H2,1-2H3,(H2,24,25,26)(H,27,28,30). The van der Waals surface area contributed by atoms with Crippen LogP contribution < -0.4 is 16.0 Å². The average molecular weight is 439 g/mol. The molecule has 170 valence electrons. The van der Waals surface area contributed by atoms with Crippen LogP contribution in [0.3, 0.4) is 0 Å². The number of carbonyl (C=O) groups excluding carboxylic acids is 3. The Morgan fingerprint density at radius 2 is 1.88 bits per heavy atom. The summed E-state index contributed by atoms with van der Waals surface area (Å²) in [6.45, 7) is 5.56. The number of hydrogen-bond donors (Lipinski definition) is 3. The lowest BCUT2D eigenvalue weighted by Crippen LogP contribution is -2.43. The second-order valence-electron chi connectivity index (χ2n) is 8.53. The fourth-order valence-electron chi connectivity index (χ4n) is 4.83. The van der Waals surface area contributed by atoms with E-state index in [4.69, 9.17) is 0 Å². The Kier molecular flexibility index (Phi) is 6.53. The monoisotopic (exact) mass is 438 g/mol. The van der Waals surface area contributed by atoms with E-state index in [0.29, 0.717) is 38.0 Å². The number of aromatic nitrogens is 1. The zero-order chi connectivity index (χ0) is 22.7. The quantitative estimate of drug-likeness (QED) is 0.242. The summed E-state index contributed by atoms with van der Waals surface area (Å²) in [4.78, 5) is 47.6. The van der Waals surface area contributed by atoms with Crippen molar-refractivity contribution in [3.8, 4) is 0 Å². The van der Waals surface area contributed by atoms with Gasteiger partial charge in [0.05, 0.1) is 18.4 Å². The van der Waals surface area contributed by atoms with Crippen LogP contribution in [-0.2, 0) is 14.4 Å². The Labute approximate surface area is 187 Å². The van der Waals surface area contributed by atoms with Gasteiger partial charge in [-0.15, -0.1) is 0 Å². The van der Waals surface area contributed by atoms with E-state index in [1.54, 1.807) is 12.3 Å². The number of anilines is 1. The van der Waals surface area contributed by atoms with Crippen LogP contribution in [0.1, 0.15) is 25.3 Å². The number of pyridine rings is 1. The Hall–Kier alpha value is -3.23. The van der Waals surface area contributed by atoms with Gasteiger partial charge in [0.2, 0.25) is 17.7 Å². The highest BCUT2D eigenvalue weighted by Crippen LogP contribution is 2.52. The van der Waals surface area contributed by atoms with E-state index in [2.05, 4.69) is 38.1 Å². The first-order valence-electron chi connectivity index (χ1n) is 11.3. The third-order valence-electron chi connectivity index (χ3n) is 6.32. The molecule has 2 bridgehead atoms. The van der Waals surface area contributed by atoms with Crippen molar-refractivity contribution in [1.82, 2.24) is 20.5 Å². The normalized spacial score (nSPS) is 25.9. The second kappa shape index (κ2) is 9.50. The molecule has 3 N–H and O–H groups in total. The number of amides is 3. The van der Waals surface area contributed by atoms with Crippen LogP contribution in [0, 0.1) is 30.6 Å². The molecule has 1 aliphatic heterocycles. The lowest BCUT2D eigenvalue weighted by Gasteiger charge is -2.18. The number of nitrogens with one attached hydrogen (secondary N) is 3. The van der Waals surface area contributed by atoms with Gasteiger partial charge in [-0.05, 0) is 43.7 Å². The number of guanidine groups is 1. The molecule has 0 spiro atoms. The first kappa shape index (κ1) is 22.0. The first-order chi connectivity index (χ1) is 15.5. The molecule has 1 saturated heterocycles. The maximum absolute atomic E-state index is 12.8. The molecule has 2 aliphatic carbocycles. The predicted octanol–water partition coefficient (Wildman–Crippen LogP) is 1.08. The predicted molar refractivity (Wildman–Crippen MR) is 121 cm³/mol. The van der Waals surface area contributed by atoms with Crippen LogP contribution in [0.25, 0.3) is 0 Å². The molecule has 4 atom stereocenters. The highest BCUT2D eigenvalue weighted by molar-refractivity contribution is 6.06. The molecule has 2 fully saturated rings. The largest absolute Gasteiger partial charge is 0.357 e. The number of aryl methyl sites for hydroxylation is 1. The summed E-state index contributed by atoms with van der Waals surface area (Å²) in [7, 11) is 0. The molecule has 32 heavy (non-hydrogen) atoms. The fraction of sp³-hybridized carbons (Fsp3) is 0.522. The summed E-state index contributed by atoms with van der Waals surface area (Å²) in [6.07, 6.45) is 7.04. The molecule has 9 heteroatoms. The van der Waals surface area contributed by atoms with Crippen LogP contribution in [-0.4, -0.2) is 59.7 Å². The van der Waals surface area contributed by atoms with Crippen LogP contribution in [0.5, 0.6) is 0 Å². The average Bonchev–Trinajstić information content (AvgIpc) is 3.45. The van der Waals surface area contributed by atoms with Gasteiger partial charge in [0.15, 0.2) is 5.96 Å².